The molecule has 2 heterocycles. The zero-order valence-electron chi connectivity index (χ0n) is 11.0. The Morgan fingerprint density at radius 2 is 2.06 bits per heavy atom. The van der Waals surface area contributed by atoms with Crippen molar-refractivity contribution >= 4 is 5.91 Å². The predicted octanol–water partition coefficient (Wildman–Crippen LogP) is 0.394. The fourth-order valence-corrected chi connectivity index (χ4v) is 2.40. The highest BCUT2D eigenvalue weighted by atomic mass is 16.5. The number of hydrogen-bond acceptors (Lipinski definition) is 4. The van der Waals surface area contributed by atoms with Gasteiger partial charge < -0.3 is 14.8 Å². The third-order valence-corrected chi connectivity index (χ3v) is 3.53. The lowest BCUT2D eigenvalue weighted by atomic mass is 10.2. The van der Waals surface area contributed by atoms with Gasteiger partial charge in [0, 0.05) is 26.2 Å². The summed E-state index contributed by atoms with van der Waals surface area (Å²) in [5.41, 5.74) is 0. The van der Waals surface area contributed by atoms with Crippen molar-refractivity contribution < 1.29 is 14.3 Å². The van der Waals surface area contributed by atoms with Crippen LogP contribution in [0.3, 0.4) is 0 Å². The largest absolute Gasteiger partial charge is 0.379 e. The molecule has 5 heteroatoms. The third-order valence-electron chi connectivity index (χ3n) is 3.53. The normalized spacial score (nSPS) is 25.2. The van der Waals surface area contributed by atoms with E-state index in [9.17, 15) is 4.79 Å². The minimum Gasteiger partial charge on any atom is -0.379 e. The summed E-state index contributed by atoms with van der Waals surface area (Å²) in [7, 11) is 0. The third kappa shape index (κ3) is 4.55. The van der Waals surface area contributed by atoms with E-state index in [-0.39, 0.29) is 12.0 Å². The molecule has 0 bridgehead atoms. The first kappa shape index (κ1) is 13.8. The van der Waals surface area contributed by atoms with E-state index in [1.165, 1.54) is 0 Å². The molecule has 1 N–H and O–H groups in total. The molecule has 104 valence electrons. The van der Waals surface area contributed by atoms with Crippen molar-refractivity contribution in [2.45, 2.75) is 31.8 Å². The monoisotopic (exact) mass is 256 g/mol. The van der Waals surface area contributed by atoms with Crippen LogP contribution in [-0.2, 0) is 14.3 Å². The van der Waals surface area contributed by atoms with E-state index < -0.39 is 0 Å². The van der Waals surface area contributed by atoms with Gasteiger partial charge in [0.05, 0.1) is 13.2 Å². The number of unbranched alkanes of at least 4 members (excludes halogenated alkanes) is 1. The minimum atomic E-state index is -0.191. The molecule has 0 radical (unpaired) electrons. The van der Waals surface area contributed by atoms with E-state index in [0.29, 0.717) is 0 Å². The molecule has 0 saturated carbocycles. The molecule has 2 aliphatic heterocycles. The molecule has 0 aliphatic carbocycles. The molecule has 1 atom stereocenters. The van der Waals surface area contributed by atoms with Gasteiger partial charge in [0.2, 0.25) is 5.91 Å². The molecule has 2 aliphatic rings. The lowest BCUT2D eigenvalue weighted by molar-refractivity contribution is -0.130. The number of amides is 1. The summed E-state index contributed by atoms with van der Waals surface area (Å²) in [6, 6.07) is 0. The van der Waals surface area contributed by atoms with Crippen LogP contribution in [0.1, 0.15) is 25.7 Å². The summed E-state index contributed by atoms with van der Waals surface area (Å²) in [5.74, 6) is 0.0684. The maximum atomic E-state index is 11.6. The van der Waals surface area contributed by atoms with Gasteiger partial charge >= 0.3 is 0 Å². The van der Waals surface area contributed by atoms with Crippen LogP contribution < -0.4 is 5.32 Å². The second-order valence-corrected chi connectivity index (χ2v) is 4.95. The van der Waals surface area contributed by atoms with Crippen molar-refractivity contribution in [2.75, 3.05) is 46.0 Å². The smallest absolute Gasteiger partial charge is 0.249 e. The molecule has 2 saturated heterocycles. The van der Waals surface area contributed by atoms with E-state index >= 15 is 0 Å². The maximum absolute atomic E-state index is 11.6. The first-order chi connectivity index (χ1) is 8.86. The van der Waals surface area contributed by atoms with Crippen LogP contribution in [0, 0.1) is 0 Å². The van der Waals surface area contributed by atoms with Crippen molar-refractivity contribution in [3.05, 3.63) is 0 Å². The van der Waals surface area contributed by atoms with Gasteiger partial charge in [-0.15, -0.1) is 0 Å². The molecule has 1 unspecified atom stereocenters. The zero-order chi connectivity index (χ0) is 12.6. The number of morpholine rings is 1. The van der Waals surface area contributed by atoms with E-state index in [1.54, 1.807) is 0 Å². The van der Waals surface area contributed by atoms with Gasteiger partial charge in [-0.05, 0) is 32.2 Å². The summed E-state index contributed by atoms with van der Waals surface area (Å²) >= 11 is 0. The Labute approximate surface area is 109 Å². The van der Waals surface area contributed by atoms with Crippen molar-refractivity contribution in [3.8, 4) is 0 Å². The molecule has 2 rings (SSSR count). The van der Waals surface area contributed by atoms with Crippen LogP contribution in [0.25, 0.3) is 0 Å². The fraction of sp³-hybridized carbons (Fsp3) is 0.923. The Morgan fingerprint density at radius 3 is 2.78 bits per heavy atom. The highest BCUT2D eigenvalue weighted by molar-refractivity contribution is 5.80. The highest BCUT2D eigenvalue weighted by Gasteiger charge is 2.22. The van der Waals surface area contributed by atoms with E-state index in [1.807, 2.05) is 0 Å². The van der Waals surface area contributed by atoms with Gasteiger partial charge in [-0.2, -0.15) is 0 Å². The van der Waals surface area contributed by atoms with Crippen LogP contribution in [0.5, 0.6) is 0 Å². The van der Waals surface area contributed by atoms with Gasteiger partial charge in [0.1, 0.15) is 6.10 Å². The van der Waals surface area contributed by atoms with Crippen LogP contribution >= 0.6 is 0 Å². The standard InChI is InChI=1S/C13H24N2O3/c16-13(12-4-3-9-18-12)14-5-1-2-6-15-7-10-17-11-8-15/h12H,1-11H2,(H,14,16). The number of carbonyl (C=O) groups is 1. The van der Waals surface area contributed by atoms with E-state index in [2.05, 4.69) is 10.2 Å². The summed E-state index contributed by atoms with van der Waals surface area (Å²) in [6.07, 6.45) is 3.86. The van der Waals surface area contributed by atoms with Crippen LogP contribution in [0.2, 0.25) is 0 Å². The van der Waals surface area contributed by atoms with Crippen molar-refractivity contribution in [2.24, 2.45) is 0 Å². The Bertz CT molecular complexity index is 249. The summed E-state index contributed by atoms with van der Waals surface area (Å²) < 4.78 is 10.6. The Hall–Kier alpha value is -0.650. The number of rotatable bonds is 6. The number of carbonyl (C=O) groups excluding carboxylic acids is 1. The zero-order valence-corrected chi connectivity index (χ0v) is 11.0. The molecule has 5 nitrogen and oxygen atoms in total. The van der Waals surface area contributed by atoms with E-state index in [0.717, 1.165) is 71.7 Å². The first-order valence-corrected chi connectivity index (χ1v) is 7.06. The number of hydrogen-bond donors (Lipinski definition) is 1. The van der Waals surface area contributed by atoms with Crippen LogP contribution in [-0.4, -0.2) is 62.9 Å². The second kappa shape index (κ2) is 7.71. The fourth-order valence-electron chi connectivity index (χ4n) is 2.40. The van der Waals surface area contributed by atoms with Gasteiger partial charge in [-0.3, -0.25) is 9.69 Å². The molecular formula is C13H24N2O3. The second-order valence-electron chi connectivity index (χ2n) is 4.95. The van der Waals surface area contributed by atoms with Gasteiger partial charge in [-0.25, -0.2) is 0 Å². The van der Waals surface area contributed by atoms with Crippen LogP contribution in [0.4, 0.5) is 0 Å². The molecule has 0 aromatic rings. The molecular weight excluding hydrogens is 232 g/mol. The number of nitrogens with one attached hydrogen (secondary N) is 1. The maximum Gasteiger partial charge on any atom is 0.249 e. The Kier molecular flexibility index (Phi) is 5.90. The molecule has 1 amide bonds. The summed E-state index contributed by atoms with van der Waals surface area (Å²) in [6.45, 7) is 6.41. The molecule has 0 spiro atoms. The lowest BCUT2D eigenvalue weighted by Crippen LogP contribution is -2.37. The average molecular weight is 256 g/mol. The molecule has 0 aromatic heterocycles. The van der Waals surface area contributed by atoms with E-state index in [4.69, 9.17) is 9.47 Å². The van der Waals surface area contributed by atoms with Crippen molar-refractivity contribution in [1.82, 2.24) is 10.2 Å². The predicted molar refractivity (Wildman–Crippen MR) is 68.5 cm³/mol. The average Bonchev–Trinajstić information content (AvgIpc) is 2.93. The molecule has 18 heavy (non-hydrogen) atoms. The van der Waals surface area contributed by atoms with Gasteiger partial charge in [0.15, 0.2) is 0 Å². The summed E-state index contributed by atoms with van der Waals surface area (Å²) in [5, 5.41) is 2.96. The Morgan fingerprint density at radius 1 is 1.22 bits per heavy atom. The first-order valence-electron chi connectivity index (χ1n) is 7.06. The lowest BCUT2D eigenvalue weighted by Gasteiger charge is -2.26. The topological polar surface area (TPSA) is 50.8 Å². The number of nitrogens with zero attached hydrogens (tertiary/aromatic N) is 1. The Balaban J connectivity index is 1.46. The molecule has 0 aromatic carbocycles. The van der Waals surface area contributed by atoms with Gasteiger partial charge in [0.25, 0.3) is 0 Å². The summed E-state index contributed by atoms with van der Waals surface area (Å²) in [4.78, 5) is 14.1. The minimum absolute atomic E-state index is 0.0684. The van der Waals surface area contributed by atoms with Crippen LogP contribution in [0.15, 0.2) is 0 Å². The molecule has 2 fully saturated rings. The van der Waals surface area contributed by atoms with Gasteiger partial charge in [-0.1, -0.05) is 0 Å². The number of ether oxygens (including phenoxy) is 2. The highest BCUT2D eigenvalue weighted by Crippen LogP contribution is 2.11. The SMILES string of the molecule is O=C(NCCCCN1CCOCC1)C1CCCO1. The quantitative estimate of drug-likeness (QED) is 0.699. The van der Waals surface area contributed by atoms with Crippen molar-refractivity contribution in [3.63, 3.8) is 0 Å². The van der Waals surface area contributed by atoms with Crippen molar-refractivity contribution in [1.29, 1.82) is 0 Å².